The SMILES string of the molecule is O=c1c2c3c(sc2ncn1N=Cc1cc(Cl)ccc1O)CCCC3. The van der Waals surface area contributed by atoms with Gasteiger partial charge >= 0.3 is 0 Å². The summed E-state index contributed by atoms with van der Waals surface area (Å²) >= 11 is 7.53. The van der Waals surface area contributed by atoms with Crippen molar-refractivity contribution in [3.8, 4) is 5.75 Å². The van der Waals surface area contributed by atoms with Gasteiger partial charge in [0.15, 0.2) is 0 Å². The van der Waals surface area contributed by atoms with Crippen molar-refractivity contribution < 1.29 is 5.11 Å². The fourth-order valence-corrected chi connectivity index (χ4v) is 4.37. The molecule has 4 rings (SSSR count). The Kier molecular flexibility index (Phi) is 3.86. The largest absolute Gasteiger partial charge is 0.507 e. The molecule has 5 nitrogen and oxygen atoms in total. The van der Waals surface area contributed by atoms with Gasteiger partial charge in [0.1, 0.15) is 16.9 Å². The molecule has 7 heteroatoms. The van der Waals surface area contributed by atoms with Crippen molar-refractivity contribution in [1.29, 1.82) is 0 Å². The lowest BCUT2D eigenvalue weighted by atomic mass is 9.97. The highest BCUT2D eigenvalue weighted by Gasteiger charge is 2.19. The summed E-state index contributed by atoms with van der Waals surface area (Å²) < 4.78 is 1.21. The topological polar surface area (TPSA) is 67.5 Å². The predicted molar refractivity (Wildman–Crippen MR) is 96.6 cm³/mol. The van der Waals surface area contributed by atoms with E-state index in [0.717, 1.165) is 29.7 Å². The van der Waals surface area contributed by atoms with E-state index in [1.165, 1.54) is 34.6 Å². The van der Waals surface area contributed by atoms with Gasteiger partial charge in [-0.3, -0.25) is 4.79 Å². The van der Waals surface area contributed by atoms with Crippen LogP contribution in [0.15, 0.2) is 34.4 Å². The number of phenols is 1. The second-order valence-electron chi connectivity index (χ2n) is 5.73. The van der Waals surface area contributed by atoms with Crippen molar-refractivity contribution in [1.82, 2.24) is 9.66 Å². The fourth-order valence-electron chi connectivity index (χ4n) is 2.97. The highest BCUT2D eigenvalue weighted by molar-refractivity contribution is 7.18. The monoisotopic (exact) mass is 359 g/mol. The molecule has 0 fully saturated rings. The zero-order valence-corrected chi connectivity index (χ0v) is 14.3. The first-order valence-corrected chi connectivity index (χ1v) is 8.88. The molecule has 1 aliphatic rings. The van der Waals surface area contributed by atoms with E-state index in [9.17, 15) is 9.90 Å². The third-order valence-corrected chi connectivity index (χ3v) is 5.60. The molecule has 0 spiro atoms. The minimum atomic E-state index is -0.169. The van der Waals surface area contributed by atoms with E-state index in [0.29, 0.717) is 16.0 Å². The number of aromatic hydroxyl groups is 1. The molecule has 0 bridgehead atoms. The highest BCUT2D eigenvalue weighted by Crippen LogP contribution is 2.33. The van der Waals surface area contributed by atoms with Gasteiger partial charge in [-0.2, -0.15) is 9.78 Å². The average Bonchev–Trinajstić information content (AvgIpc) is 2.96. The number of benzene rings is 1. The van der Waals surface area contributed by atoms with Gasteiger partial charge in [-0.15, -0.1) is 11.3 Å². The summed E-state index contributed by atoms with van der Waals surface area (Å²) in [6.45, 7) is 0. The number of fused-ring (bicyclic) bond motifs is 3. The molecule has 1 aliphatic carbocycles. The number of hydrogen-bond acceptors (Lipinski definition) is 5. The molecule has 1 N–H and O–H groups in total. The van der Waals surface area contributed by atoms with E-state index >= 15 is 0 Å². The predicted octanol–water partition coefficient (Wildman–Crippen LogP) is 3.58. The van der Waals surface area contributed by atoms with E-state index in [4.69, 9.17) is 11.6 Å². The normalized spacial score (nSPS) is 14.4. The van der Waals surface area contributed by atoms with Gasteiger partial charge in [0.05, 0.1) is 11.6 Å². The average molecular weight is 360 g/mol. The third-order valence-electron chi connectivity index (χ3n) is 4.17. The van der Waals surface area contributed by atoms with Crippen LogP contribution in [0.25, 0.3) is 10.2 Å². The molecule has 1 aromatic carbocycles. The van der Waals surface area contributed by atoms with Gasteiger partial charge in [-0.1, -0.05) is 11.6 Å². The van der Waals surface area contributed by atoms with Gasteiger partial charge in [0, 0.05) is 15.5 Å². The van der Waals surface area contributed by atoms with Crippen molar-refractivity contribution in [2.75, 3.05) is 0 Å². The Bertz CT molecular complexity index is 1020. The Morgan fingerprint density at radius 3 is 3.04 bits per heavy atom. The van der Waals surface area contributed by atoms with Crippen molar-refractivity contribution in [3.63, 3.8) is 0 Å². The van der Waals surface area contributed by atoms with E-state index in [2.05, 4.69) is 10.1 Å². The summed E-state index contributed by atoms with van der Waals surface area (Å²) in [5.41, 5.74) is 1.41. The van der Waals surface area contributed by atoms with Crippen molar-refractivity contribution in [3.05, 3.63) is 55.9 Å². The Labute approximate surface area is 146 Å². The van der Waals surface area contributed by atoms with Gasteiger partial charge < -0.3 is 5.11 Å². The molecule has 3 aromatic rings. The van der Waals surface area contributed by atoms with Gasteiger partial charge in [-0.25, -0.2) is 4.98 Å². The van der Waals surface area contributed by atoms with Crippen molar-refractivity contribution in [2.24, 2.45) is 5.10 Å². The van der Waals surface area contributed by atoms with Crippen LogP contribution in [0.1, 0.15) is 28.8 Å². The Balaban J connectivity index is 1.80. The molecule has 2 heterocycles. The molecule has 0 saturated carbocycles. The molecule has 0 unspecified atom stereocenters. The Morgan fingerprint density at radius 2 is 2.17 bits per heavy atom. The summed E-state index contributed by atoms with van der Waals surface area (Å²) in [7, 11) is 0. The first kappa shape index (κ1) is 15.4. The molecule has 0 aliphatic heterocycles. The van der Waals surface area contributed by atoms with Crippen LogP contribution >= 0.6 is 22.9 Å². The number of nitrogens with zero attached hydrogens (tertiary/aromatic N) is 3. The Hall–Kier alpha value is -2.18. The number of hydrogen-bond donors (Lipinski definition) is 1. The molecular weight excluding hydrogens is 346 g/mol. The highest BCUT2D eigenvalue weighted by atomic mass is 35.5. The van der Waals surface area contributed by atoms with Crippen LogP contribution in [0.5, 0.6) is 5.75 Å². The van der Waals surface area contributed by atoms with Crippen LogP contribution in [0.3, 0.4) is 0 Å². The lowest BCUT2D eigenvalue weighted by molar-refractivity contribution is 0.474. The summed E-state index contributed by atoms with van der Waals surface area (Å²) in [6, 6.07) is 4.67. The second kappa shape index (κ2) is 6.03. The second-order valence-corrected chi connectivity index (χ2v) is 7.25. The molecule has 122 valence electrons. The van der Waals surface area contributed by atoms with Crippen LogP contribution < -0.4 is 5.56 Å². The number of rotatable bonds is 2. The van der Waals surface area contributed by atoms with E-state index in [1.54, 1.807) is 23.5 Å². The number of aryl methyl sites for hydroxylation is 2. The summed E-state index contributed by atoms with van der Waals surface area (Å²) in [4.78, 5) is 19.2. The maximum atomic E-state index is 12.8. The molecule has 0 atom stereocenters. The van der Waals surface area contributed by atoms with Gasteiger partial charge in [0.2, 0.25) is 0 Å². The fraction of sp³-hybridized carbons (Fsp3) is 0.235. The molecule has 24 heavy (non-hydrogen) atoms. The minimum Gasteiger partial charge on any atom is -0.507 e. The quantitative estimate of drug-likeness (QED) is 0.711. The smallest absolute Gasteiger partial charge is 0.282 e. The zero-order chi connectivity index (χ0) is 16.7. The molecular formula is C17H14ClN3O2S. The zero-order valence-electron chi connectivity index (χ0n) is 12.7. The molecule has 0 amide bonds. The minimum absolute atomic E-state index is 0.0538. The van der Waals surface area contributed by atoms with Crippen LogP contribution in [0.4, 0.5) is 0 Å². The van der Waals surface area contributed by atoms with Crippen molar-refractivity contribution in [2.45, 2.75) is 25.7 Å². The van der Waals surface area contributed by atoms with Crippen molar-refractivity contribution >= 4 is 39.4 Å². The van der Waals surface area contributed by atoms with E-state index < -0.39 is 0 Å². The standard InChI is InChI=1S/C17H14ClN3O2S/c18-11-5-6-13(22)10(7-11)8-20-21-9-19-16-15(17(21)23)12-3-1-2-4-14(12)24-16/h5-9,22H,1-4H2. The van der Waals surface area contributed by atoms with Gasteiger partial charge in [-0.05, 0) is 49.4 Å². The maximum absolute atomic E-state index is 12.8. The Morgan fingerprint density at radius 1 is 1.33 bits per heavy atom. The molecule has 0 radical (unpaired) electrons. The number of aromatic nitrogens is 2. The van der Waals surface area contributed by atoms with Crippen LogP contribution in [0.2, 0.25) is 5.02 Å². The first-order chi connectivity index (χ1) is 11.6. The van der Waals surface area contributed by atoms with Gasteiger partial charge in [0.25, 0.3) is 5.56 Å². The van der Waals surface area contributed by atoms with Crippen LogP contribution in [-0.2, 0) is 12.8 Å². The lowest BCUT2D eigenvalue weighted by Gasteiger charge is -2.09. The van der Waals surface area contributed by atoms with Crippen LogP contribution in [-0.4, -0.2) is 21.0 Å². The number of halogens is 1. The summed E-state index contributed by atoms with van der Waals surface area (Å²) in [5, 5.41) is 15.2. The summed E-state index contributed by atoms with van der Waals surface area (Å²) in [6.07, 6.45) is 7.05. The lowest BCUT2D eigenvalue weighted by Crippen LogP contribution is -2.18. The maximum Gasteiger partial charge on any atom is 0.282 e. The number of thiophene rings is 1. The molecule has 2 aromatic heterocycles. The van der Waals surface area contributed by atoms with E-state index in [1.807, 2.05) is 0 Å². The third kappa shape index (κ3) is 2.61. The van der Waals surface area contributed by atoms with Crippen LogP contribution in [0, 0.1) is 0 Å². The summed E-state index contributed by atoms with van der Waals surface area (Å²) in [5.74, 6) is 0.0538. The first-order valence-electron chi connectivity index (χ1n) is 7.68. The molecule has 0 saturated heterocycles. The number of phenolic OH excluding ortho intramolecular Hbond substituents is 1. The van der Waals surface area contributed by atoms with E-state index in [-0.39, 0.29) is 11.3 Å².